The summed E-state index contributed by atoms with van der Waals surface area (Å²) in [6.45, 7) is 7.72. The summed E-state index contributed by atoms with van der Waals surface area (Å²) >= 11 is 0. The Morgan fingerprint density at radius 3 is 2.60 bits per heavy atom. The minimum atomic E-state index is 0.0627. The van der Waals surface area contributed by atoms with E-state index < -0.39 is 0 Å². The summed E-state index contributed by atoms with van der Waals surface area (Å²) in [5, 5.41) is 4.42. The molecule has 2 N–H and O–H groups in total. The van der Waals surface area contributed by atoms with Crippen LogP contribution < -0.4 is 10.5 Å². The first kappa shape index (κ1) is 12.0. The van der Waals surface area contributed by atoms with Gasteiger partial charge in [-0.3, -0.25) is 0 Å². The molecular formula is C11H21N3O. The van der Waals surface area contributed by atoms with Crippen molar-refractivity contribution < 1.29 is 4.74 Å². The average molecular weight is 211 g/mol. The van der Waals surface area contributed by atoms with Gasteiger partial charge < -0.3 is 10.5 Å². The number of ether oxygens (including phenoxy) is 1. The zero-order valence-electron chi connectivity index (χ0n) is 10.1. The standard InChI is InChI=1S/C11H21N3O/c1-11(2,3)9-8-10(14(4)13-9)15-7-5-6-12/h8H,5-7,12H2,1-4H3. The van der Waals surface area contributed by atoms with Crippen molar-refractivity contribution in [2.75, 3.05) is 13.2 Å². The van der Waals surface area contributed by atoms with Crippen LogP contribution in [0.3, 0.4) is 0 Å². The smallest absolute Gasteiger partial charge is 0.211 e. The molecule has 0 aliphatic rings. The van der Waals surface area contributed by atoms with Crippen LogP contribution in [0.4, 0.5) is 0 Å². The van der Waals surface area contributed by atoms with Crippen LogP contribution in [0, 0.1) is 0 Å². The van der Waals surface area contributed by atoms with E-state index in [0.717, 1.165) is 18.0 Å². The second kappa shape index (κ2) is 4.66. The molecule has 0 aromatic carbocycles. The van der Waals surface area contributed by atoms with Gasteiger partial charge in [-0.1, -0.05) is 20.8 Å². The molecule has 1 heterocycles. The van der Waals surface area contributed by atoms with Crippen molar-refractivity contribution in [3.05, 3.63) is 11.8 Å². The highest BCUT2D eigenvalue weighted by Crippen LogP contribution is 2.24. The zero-order valence-corrected chi connectivity index (χ0v) is 10.1. The van der Waals surface area contributed by atoms with Gasteiger partial charge in [-0.15, -0.1) is 0 Å². The molecule has 0 saturated heterocycles. The van der Waals surface area contributed by atoms with Gasteiger partial charge in [0.2, 0.25) is 5.88 Å². The number of nitrogens with two attached hydrogens (primary N) is 1. The van der Waals surface area contributed by atoms with Crippen molar-refractivity contribution in [2.45, 2.75) is 32.6 Å². The summed E-state index contributed by atoms with van der Waals surface area (Å²) < 4.78 is 7.35. The summed E-state index contributed by atoms with van der Waals surface area (Å²) in [6.07, 6.45) is 0.871. The number of aromatic nitrogens is 2. The Bertz CT molecular complexity index is 312. The fourth-order valence-corrected chi connectivity index (χ4v) is 1.21. The Kier molecular flexibility index (Phi) is 3.74. The third-order valence-corrected chi connectivity index (χ3v) is 2.20. The van der Waals surface area contributed by atoms with Crippen molar-refractivity contribution >= 4 is 0 Å². The Hall–Kier alpha value is -1.03. The molecule has 0 fully saturated rings. The third kappa shape index (κ3) is 3.23. The van der Waals surface area contributed by atoms with Gasteiger partial charge in [0.1, 0.15) is 0 Å². The fraction of sp³-hybridized carbons (Fsp3) is 0.727. The normalized spacial score (nSPS) is 11.8. The van der Waals surface area contributed by atoms with Crippen molar-refractivity contribution in [1.29, 1.82) is 0 Å². The lowest BCUT2D eigenvalue weighted by molar-refractivity contribution is 0.286. The monoisotopic (exact) mass is 211 g/mol. The SMILES string of the molecule is Cn1nc(C(C)(C)C)cc1OCCCN. The molecule has 0 amide bonds. The van der Waals surface area contributed by atoms with Crippen LogP contribution in [0.15, 0.2) is 6.07 Å². The number of rotatable bonds is 4. The lowest BCUT2D eigenvalue weighted by Crippen LogP contribution is -2.12. The van der Waals surface area contributed by atoms with Gasteiger partial charge in [-0.05, 0) is 13.0 Å². The Morgan fingerprint density at radius 1 is 1.47 bits per heavy atom. The van der Waals surface area contributed by atoms with Crippen molar-refractivity contribution in [3.8, 4) is 5.88 Å². The van der Waals surface area contributed by atoms with Crippen molar-refractivity contribution in [1.82, 2.24) is 9.78 Å². The molecule has 0 atom stereocenters. The minimum Gasteiger partial charge on any atom is -0.478 e. The van der Waals surface area contributed by atoms with Gasteiger partial charge in [-0.25, -0.2) is 4.68 Å². The van der Waals surface area contributed by atoms with E-state index in [1.807, 2.05) is 13.1 Å². The van der Waals surface area contributed by atoms with Crippen LogP contribution >= 0.6 is 0 Å². The highest BCUT2D eigenvalue weighted by atomic mass is 16.5. The van der Waals surface area contributed by atoms with E-state index in [9.17, 15) is 0 Å². The maximum absolute atomic E-state index is 5.57. The number of hydrogen-bond donors (Lipinski definition) is 1. The lowest BCUT2D eigenvalue weighted by Gasteiger charge is -2.13. The fourth-order valence-electron chi connectivity index (χ4n) is 1.21. The second-order valence-electron chi connectivity index (χ2n) is 4.73. The summed E-state index contributed by atoms with van der Waals surface area (Å²) in [5.41, 5.74) is 6.51. The topological polar surface area (TPSA) is 53.1 Å². The highest BCUT2D eigenvalue weighted by Gasteiger charge is 2.19. The molecule has 0 bridgehead atoms. The predicted molar refractivity (Wildman–Crippen MR) is 61.1 cm³/mol. The molecule has 15 heavy (non-hydrogen) atoms. The molecule has 0 unspecified atom stereocenters. The van der Waals surface area contributed by atoms with Crippen LogP contribution in [0.25, 0.3) is 0 Å². The Balaban J connectivity index is 2.69. The van der Waals surface area contributed by atoms with Crippen LogP contribution in [0.1, 0.15) is 32.9 Å². The molecule has 1 aromatic heterocycles. The molecule has 0 aliphatic carbocycles. The molecule has 1 rings (SSSR count). The first-order valence-electron chi connectivity index (χ1n) is 5.32. The quantitative estimate of drug-likeness (QED) is 0.767. The lowest BCUT2D eigenvalue weighted by atomic mass is 9.93. The van der Waals surface area contributed by atoms with E-state index >= 15 is 0 Å². The highest BCUT2D eigenvalue weighted by molar-refractivity contribution is 5.21. The first-order valence-corrected chi connectivity index (χ1v) is 5.32. The summed E-state index contributed by atoms with van der Waals surface area (Å²) in [6, 6.07) is 2.00. The molecular weight excluding hydrogens is 190 g/mol. The van der Waals surface area contributed by atoms with Crippen LogP contribution in [0.2, 0.25) is 0 Å². The van der Waals surface area contributed by atoms with Gasteiger partial charge in [0.25, 0.3) is 0 Å². The predicted octanol–water partition coefficient (Wildman–Crippen LogP) is 1.45. The van der Waals surface area contributed by atoms with Crippen LogP contribution in [-0.4, -0.2) is 22.9 Å². The molecule has 4 nitrogen and oxygen atoms in total. The Morgan fingerprint density at radius 2 is 2.13 bits per heavy atom. The second-order valence-corrected chi connectivity index (χ2v) is 4.73. The number of hydrogen-bond acceptors (Lipinski definition) is 3. The van der Waals surface area contributed by atoms with Gasteiger partial charge in [0.15, 0.2) is 0 Å². The van der Waals surface area contributed by atoms with Gasteiger partial charge in [0, 0.05) is 18.5 Å². The van der Waals surface area contributed by atoms with Gasteiger partial charge in [0.05, 0.1) is 12.3 Å². The molecule has 0 spiro atoms. The van der Waals surface area contributed by atoms with E-state index in [0.29, 0.717) is 13.2 Å². The first-order chi connectivity index (χ1) is 6.95. The minimum absolute atomic E-state index is 0.0627. The van der Waals surface area contributed by atoms with Crippen LogP contribution in [-0.2, 0) is 12.5 Å². The maximum atomic E-state index is 5.57. The van der Waals surface area contributed by atoms with Gasteiger partial charge in [-0.2, -0.15) is 5.10 Å². The maximum Gasteiger partial charge on any atom is 0.211 e. The molecule has 0 aliphatic heterocycles. The largest absolute Gasteiger partial charge is 0.478 e. The molecule has 86 valence electrons. The molecule has 4 heteroatoms. The van der Waals surface area contributed by atoms with E-state index in [2.05, 4.69) is 25.9 Å². The summed E-state index contributed by atoms with van der Waals surface area (Å²) in [5.74, 6) is 0.813. The third-order valence-electron chi connectivity index (χ3n) is 2.20. The summed E-state index contributed by atoms with van der Waals surface area (Å²) in [4.78, 5) is 0. The van der Waals surface area contributed by atoms with Gasteiger partial charge >= 0.3 is 0 Å². The van der Waals surface area contributed by atoms with E-state index in [-0.39, 0.29) is 5.41 Å². The summed E-state index contributed by atoms with van der Waals surface area (Å²) in [7, 11) is 1.90. The van der Waals surface area contributed by atoms with E-state index in [4.69, 9.17) is 10.5 Å². The zero-order chi connectivity index (χ0) is 11.5. The van der Waals surface area contributed by atoms with Crippen LogP contribution in [0.5, 0.6) is 5.88 Å². The van der Waals surface area contributed by atoms with Crippen molar-refractivity contribution in [3.63, 3.8) is 0 Å². The number of aryl methyl sites for hydroxylation is 1. The van der Waals surface area contributed by atoms with E-state index in [1.54, 1.807) is 4.68 Å². The Labute approximate surface area is 91.4 Å². The molecule has 0 saturated carbocycles. The molecule has 1 aromatic rings. The van der Waals surface area contributed by atoms with E-state index in [1.165, 1.54) is 0 Å². The molecule has 0 radical (unpaired) electrons. The average Bonchev–Trinajstić information content (AvgIpc) is 2.48. The number of nitrogens with zero attached hydrogens (tertiary/aromatic N) is 2. The van der Waals surface area contributed by atoms with Crippen molar-refractivity contribution in [2.24, 2.45) is 12.8 Å².